The number of benzene rings is 2. The van der Waals surface area contributed by atoms with E-state index < -0.39 is 5.60 Å². The Morgan fingerprint density at radius 3 is 2.50 bits per heavy atom. The van der Waals surface area contributed by atoms with Crippen LogP contribution >= 0.6 is 0 Å². The molecule has 2 aromatic carbocycles. The van der Waals surface area contributed by atoms with Crippen molar-refractivity contribution in [1.29, 1.82) is 0 Å². The number of nitrogens with zero attached hydrogens (tertiary/aromatic N) is 5. The number of ether oxygens (including phenoxy) is 1. The van der Waals surface area contributed by atoms with Crippen LogP contribution in [0.1, 0.15) is 49.2 Å². The molecule has 8 nitrogen and oxygen atoms in total. The molecule has 3 heterocycles. The zero-order valence-electron chi connectivity index (χ0n) is 21.5. The van der Waals surface area contributed by atoms with E-state index in [0.717, 1.165) is 29.8 Å². The molecule has 5 rings (SSSR count). The van der Waals surface area contributed by atoms with E-state index in [1.54, 1.807) is 17.1 Å². The summed E-state index contributed by atoms with van der Waals surface area (Å²) in [5.74, 6) is 1.88. The van der Waals surface area contributed by atoms with Crippen LogP contribution in [0.5, 0.6) is 5.75 Å². The van der Waals surface area contributed by atoms with Gasteiger partial charge in [-0.1, -0.05) is 62.3 Å². The van der Waals surface area contributed by atoms with Gasteiger partial charge in [0.2, 0.25) is 5.82 Å². The number of aryl methyl sites for hydroxylation is 1. The third kappa shape index (κ3) is 4.31. The Kier molecular flexibility index (Phi) is 6.18. The summed E-state index contributed by atoms with van der Waals surface area (Å²) >= 11 is 0. The van der Waals surface area contributed by atoms with Crippen LogP contribution < -0.4 is 4.74 Å². The van der Waals surface area contributed by atoms with Gasteiger partial charge in [-0.2, -0.15) is 10.1 Å². The fourth-order valence-electron chi connectivity index (χ4n) is 5.28. The van der Waals surface area contributed by atoms with Crippen molar-refractivity contribution in [3.05, 3.63) is 83.4 Å². The quantitative estimate of drug-likeness (QED) is 0.395. The van der Waals surface area contributed by atoms with E-state index in [1.165, 1.54) is 5.56 Å². The summed E-state index contributed by atoms with van der Waals surface area (Å²) in [5.41, 5.74) is 2.16. The largest absolute Gasteiger partial charge is 0.482 e. The fourth-order valence-corrected chi connectivity index (χ4v) is 5.28. The van der Waals surface area contributed by atoms with Gasteiger partial charge >= 0.3 is 0 Å². The smallest absolute Gasteiger partial charge is 0.258 e. The molecule has 1 N–H and O–H groups in total. The van der Waals surface area contributed by atoms with Gasteiger partial charge in [-0.25, -0.2) is 0 Å². The highest BCUT2D eigenvalue weighted by Crippen LogP contribution is 2.50. The SMILES string of the molecule is CC(C)c1ccc([C@](O)(c2cccc(-c3nc(COc4cnn(C)c4)no3)c2)C2(C)CN(C)C2)cc1. The van der Waals surface area contributed by atoms with Crippen LogP contribution in [-0.2, 0) is 19.3 Å². The van der Waals surface area contributed by atoms with E-state index in [4.69, 9.17) is 9.26 Å². The highest BCUT2D eigenvalue weighted by molar-refractivity contribution is 5.56. The number of hydrogen-bond acceptors (Lipinski definition) is 7. The molecule has 0 radical (unpaired) electrons. The van der Waals surface area contributed by atoms with E-state index in [1.807, 2.05) is 31.3 Å². The van der Waals surface area contributed by atoms with E-state index in [0.29, 0.717) is 23.4 Å². The highest BCUT2D eigenvalue weighted by atomic mass is 16.5. The predicted octanol–water partition coefficient (Wildman–Crippen LogP) is 4.36. The summed E-state index contributed by atoms with van der Waals surface area (Å²) in [6.45, 7) is 8.24. The molecule has 4 aromatic rings. The second kappa shape index (κ2) is 9.19. The molecular weight excluding hydrogens is 454 g/mol. The number of rotatable bonds is 8. The molecule has 0 spiro atoms. The van der Waals surface area contributed by atoms with Crippen molar-refractivity contribution in [3.63, 3.8) is 0 Å². The molecule has 36 heavy (non-hydrogen) atoms. The maximum Gasteiger partial charge on any atom is 0.258 e. The minimum absolute atomic E-state index is 0.172. The summed E-state index contributed by atoms with van der Waals surface area (Å²) < 4.78 is 12.9. The first kappa shape index (κ1) is 24.2. The van der Waals surface area contributed by atoms with Gasteiger partial charge in [0.25, 0.3) is 5.89 Å². The van der Waals surface area contributed by atoms with Crippen molar-refractivity contribution in [1.82, 2.24) is 24.8 Å². The monoisotopic (exact) mass is 487 g/mol. The molecule has 1 atom stereocenters. The summed E-state index contributed by atoms with van der Waals surface area (Å²) in [6, 6.07) is 16.1. The van der Waals surface area contributed by atoms with Crippen LogP contribution in [0.3, 0.4) is 0 Å². The van der Waals surface area contributed by atoms with Gasteiger partial charge in [-0.15, -0.1) is 0 Å². The Morgan fingerprint density at radius 1 is 1.11 bits per heavy atom. The second-order valence-corrected chi connectivity index (χ2v) is 10.5. The lowest BCUT2D eigenvalue weighted by molar-refractivity contribution is -0.127. The second-order valence-electron chi connectivity index (χ2n) is 10.5. The zero-order chi connectivity index (χ0) is 25.5. The minimum atomic E-state index is -1.18. The molecule has 8 heteroatoms. The van der Waals surface area contributed by atoms with Gasteiger partial charge in [0.15, 0.2) is 12.4 Å². The van der Waals surface area contributed by atoms with Crippen LogP contribution in [0.4, 0.5) is 0 Å². The Labute approximate surface area is 211 Å². The Morgan fingerprint density at radius 2 is 1.86 bits per heavy atom. The Hall–Kier alpha value is -3.49. The van der Waals surface area contributed by atoms with E-state index in [-0.39, 0.29) is 12.0 Å². The predicted molar refractivity (Wildman–Crippen MR) is 136 cm³/mol. The molecule has 1 aliphatic heterocycles. The third-order valence-electron chi connectivity index (χ3n) is 7.15. The van der Waals surface area contributed by atoms with Gasteiger partial charge in [0, 0.05) is 31.1 Å². The van der Waals surface area contributed by atoms with Gasteiger partial charge in [0.05, 0.1) is 12.4 Å². The van der Waals surface area contributed by atoms with Crippen LogP contribution in [0, 0.1) is 5.41 Å². The van der Waals surface area contributed by atoms with Gasteiger partial charge in [0.1, 0.15) is 5.60 Å². The van der Waals surface area contributed by atoms with Gasteiger partial charge in [-0.3, -0.25) is 4.68 Å². The molecule has 0 saturated carbocycles. The fraction of sp³-hybridized carbons (Fsp3) is 0.393. The summed E-state index contributed by atoms with van der Waals surface area (Å²) in [4.78, 5) is 6.74. The molecular formula is C28H33N5O3. The average molecular weight is 488 g/mol. The first-order chi connectivity index (χ1) is 17.2. The Balaban J connectivity index is 1.46. The van der Waals surface area contributed by atoms with Crippen LogP contribution in [-0.4, -0.2) is 50.1 Å². The average Bonchev–Trinajstić information content (AvgIpc) is 3.50. The first-order valence-corrected chi connectivity index (χ1v) is 12.2. The van der Waals surface area contributed by atoms with E-state index >= 15 is 0 Å². The third-order valence-corrected chi connectivity index (χ3v) is 7.15. The van der Waals surface area contributed by atoms with Crippen LogP contribution in [0.2, 0.25) is 0 Å². The van der Waals surface area contributed by atoms with E-state index in [9.17, 15) is 5.11 Å². The molecule has 0 unspecified atom stereocenters. The molecule has 1 aliphatic rings. The van der Waals surface area contributed by atoms with Crippen molar-refractivity contribution in [2.75, 3.05) is 20.1 Å². The molecule has 188 valence electrons. The highest BCUT2D eigenvalue weighted by Gasteiger charge is 2.55. The van der Waals surface area contributed by atoms with E-state index in [2.05, 4.69) is 72.2 Å². The Bertz CT molecular complexity index is 1340. The number of hydrogen-bond donors (Lipinski definition) is 1. The normalized spacial score (nSPS) is 17.1. The van der Waals surface area contributed by atoms with Crippen molar-refractivity contribution in [3.8, 4) is 17.2 Å². The number of likely N-dealkylation sites (tertiary alicyclic amines) is 1. The van der Waals surface area contributed by atoms with Crippen molar-refractivity contribution in [2.24, 2.45) is 12.5 Å². The number of aliphatic hydroxyl groups is 1. The van der Waals surface area contributed by atoms with Crippen LogP contribution in [0.15, 0.2) is 65.4 Å². The standard InChI is InChI=1S/C28H33N5O3/c1-19(2)20-9-11-22(12-10-20)28(34,27(3)17-32(4)18-27)23-8-6-7-21(13-23)26-30-25(31-36-26)16-35-24-14-29-33(5)15-24/h6-15,19,34H,16-18H2,1-5H3/t28-/m0/s1. The number of aromatic nitrogens is 4. The summed E-state index contributed by atoms with van der Waals surface area (Å²) in [5, 5.41) is 20.6. The molecule has 1 saturated heterocycles. The van der Waals surface area contributed by atoms with Crippen molar-refractivity contribution in [2.45, 2.75) is 38.9 Å². The summed E-state index contributed by atoms with van der Waals surface area (Å²) in [7, 11) is 3.91. The minimum Gasteiger partial charge on any atom is -0.482 e. The van der Waals surface area contributed by atoms with Crippen molar-refractivity contribution >= 4 is 0 Å². The zero-order valence-corrected chi connectivity index (χ0v) is 21.5. The molecule has 0 bridgehead atoms. The van der Waals surface area contributed by atoms with Crippen molar-refractivity contribution < 1.29 is 14.4 Å². The van der Waals surface area contributed by atoms with Gasteiger partial charge < -0.3 is 19.3 Å². The maximum absolute atomic E-state index is 12.4. The maximum atomic E-state index is 12.4. The first-order valence-electron chi connectivity index (χ1n) is 12.2. The molecule has 0 aliphatic carbocycles. The molecule has 1 fully saturated rings. The van der Waals surface area contributed by atoms with Crippen LogP contribution in [0.25, 0.3) is 11.5 Å². The topological polar surface area (TPSA) is 89.4 Å². The molecule has 2 aromatic heterocycles. The lowest BCUT2D eigenvalue weighted by Gasteiger charge is -2.56. The van der Waals surface area contributed by atoms with Gasteiger partial charge in [-0.05, 0) is 41.8 Å². The molecule has 0 amide bonds. The lowest BCUT2D eigenvalue weighted by atomic mass is 9.62. The lowest BCUT2D eigenvalue weighted by Crippen LogP contribution is -2.63. The summed E-state index contributed by atoms with van der Waals surface area (Å²) in [6.07, 6.45) is 3.41.